The Morgan fingerprint density at radius 3 is 2.12 bits per heavy atom. The Balaban J connectivity index is 1.18. The normalized spacial score (nSPS) is 18.0. The van der Waals surface area contributed by atoms with Crippen LogP contribution in [0.15, 0.2) is 60.7 Å². The minimum atomic E-state index is -3.56. The number of ether oxygens (including phenoxy) is 2. The maximum absolute atomic E-state index is 13.2. The fraction of sp³-hybridized carbons (Fsp3) is 0.550. The van der Waals surface area contributed by atoms with Crippen molar-refractivity contribution in [2.45, 2.75) is 116 Å². The van der Waals surface area contributed by atoms with Gasteiger partial charge in [-0.25, -0.2) is 17.6 Å². The Morgan fingerprint density at radius 2 is 1.44 bits per heavy atom. The lowest BCUT2D eigenvalue weighted by atomic mass is 9.82. The molecule has 6 nitrogen and oxygen atoms in total. The van der Waals surface area contributed by atoms with Gasteiger partial charge in [-0.15, -0.1) is 0 Å². The van der Waals surface area contributed by atoms with Gasteiger partial charge in [0.1, 0.15) is 11.9 Å². The molecule has 0 saturated heterocycles. The van der Waals surface area contributed by atoms with Crippen LogP contribution < -0.4 is 4.74 Å². The molecule has 0 amide bonds. The minimum Gasteiger partial charge on any atom is -0.423 e. The quantitative estimate of drug-likeness (QED) is 0.0542. The number of halogens is 1. The van der Waals surface area contributed by atoms with E-state index >= 15 is 0 Å². The molecule has 1 aliphatic rings. The number of carbonyl (C=O) groups excluding carboxylic acids is 2. The lowest BCUT2D eigenvalue weighted by Gasteiger charge is -2.27. The number of rotatable bonds is 19. The average Bonchev–Trinajstić information content (AvgIpc) is 3.06. The van der Waals surface area contributed by atoms with Gasteiger partial charge in [0.2, 0.25) is 0 Å². The van der Waals surface area contributed by atoms with E-state index in [1.165, 1.54) is 51.9 Å². The van der Waals surface area contributed by atoms with E-state index in [1.807, 2.05) is 0 Å². The number of sulfone groups is 1. The molecule has 48 heavy (non-hydrogen) atoms. The molecule has 0 radical (unpaired) electrons. The molecule has 0 aromatic heterocycles. The van der Waals surface area contributed by atoms with Crippen LogP contribution in [0, 0.1) is 11.8 Å². The van der Waals surface area contributed by atoms with Crippen LogP contribution in [0.25, 0.3) is 10.8 Å². The highest BCUT2D eigenvalue weighted by Gasteiger charge is 2.27. The van der Waals surface area contributed by atoms with Gasteiger partial charge >= 0.3 is 5.97 Å². The molecule has 0 heterocycles. The first-order chi connectivity index (χ1) is 23.0. The Morgan fingerprint density at radius 1 is 0.812 bits per heavy atom. The third kappa shape index (κ3) is 12.1. The van der Waals surface area contributed by atoms with Gasteiger partial charge in [-0.1, -0.05) is 95.2 Å². The molecule has 4 rings (SSSR count). The van der Waals surface area contributed by atoms with E-state index in [-0.39, 0.29) is 23.6 Å². The third-order valence-electron chi connectivity index (χ3n) is 9.55. The SMILES string of the molecule is CCC(C)CCCCCCCCOC1CCC(C(=O)c2ccc(C(=O)Oc3ccc4cc(CS(=O)(=O)CC(C)F)ccc4c3)cc2)CC1. The fourth-order valence-electron chi connectivity index (χ4n) is 6.51. The molecule has 1 fully saturated rings. The summed E-state index contributed by atoms with van der Waals surface area (Å²) in [5, 5.41) is 1.56. The number of benzene rings is 3. The average molecular weight is 681 g/mol. The minimum absolute atomic E-state index is 0.0245. The van der Waals surface area contributed by atoms with Crippen molar-refractivity contribution in [3.63, 3.8) is 0 Å². The summed E-state index contributed by atoms with van der Waals surface area (Å²) in [6.07, 6.45) is 12.5. The van der Waals surface area contributed by atoms with Gasteiger partial charge in [-0.2, -0.15) is 0 Å². The highest BCUT2D eigenvalue weighted by Crippen LogP contribution is 2.30. The molecule has 0 N–H and O–H groups in total. The topological polar surface area (TPSA) is 86.7 Å². The Hall–Kier alpha value is -3.10. The second-order valence-corrected chi connectivity index (χ2v) is 15.9. The zero-order valence-electron chi connectivity index (χ0n) is 28.9. The van der Waals surface area contributed by atoms with Gasteiger partial charge in [-0.3, -0.25) is 4.79 Å². The van der Waals surface area contributed by atoms with E-state index in [0.717, 1.165) is 55.4 Å². The highest BCUT2D eigenvalue weighted by molar-refractivity contribution is 7.90. The lowest BCUT2D eigenvalue weighted by molar-refractivity contribution is 0.0168. The largest absolute Gasteiger partial charge is 0.423 e. The standard InChI is InChI=1S/C40H53FO6S/c1-4-29(2)11-9-7-5-6-8-10-24-46-37-21-18-33(19-22-37)39(42)32-14-16-34(17-15-32)40(43)47-38-23-20-35-25-31(12-13-36(35)26-38)28-48(44,45)27-30(3)41/h12-17,20,23,25-26,29-30,33,37H,4-11,18-19,21-22,24,27-28H2,1-3H3. The van der Waals surface area contributed by atoms with Gasteiger partial charge in [0.25, 0.3) is 0 Å². The van der Waals surface area contributed by atoms with Gasteiger partial charge in [0.05, 0.1) is 23.2 Å². The number of unbranched alkanes of at least 4 members (excludes halogenated alkanes) is 5. The zero-order chi connectivity index (χ0) is 34.5. The number of ketones is 1. The van der Waals surface area contributed by atoms with Crippen molar-refractivity contribution in [1.29, 1.82) is 0 Å². The van der Waals surface area contributed by atoms with Crippen LogP contribution in [-0.4, -0.2) is 44.8 Å². The summed E-state index contributed by atoms with van der Waals surface area (Å²) in [6.45, 7) is 6.65. The van der Waals surface area contributed by atoms with Crippen LogP contribution >= 0.6 is 0 Å². The number of esters is 1. The van der Waals surface area contributed by atoms with Gasteiger partial charge in [0, 0.05) is 18.1 Å². The highest BCUT2D eigenvalue weighted by atomic mass is 32.2. The van der Waals surface area contributed by atoms with E-state index in [1.54, 1.807) is 60.7 Å². The Kier molecular flexibility index (Phi) is 14.6. The smallest absolute Gasteiger partial charge is 0.343 e. The number of carbonyl (C=O) groups is 2. The number of alkyl halides is 1. The molecule has 2 atom stereocenters. The van der Waals surface area contributed by atoms with Gasteiger partial charge < -0.3 is 9.47 Å². The summed E-state index contributed by atoms with van der Waals surface area (Å²) in [4.78, 5) is 26.1. The Labute approximate surface area is 286 Å². The van der Waals surface area contributed by atoms with Crippen LogP contribution in [0.1, 0.15) is 124 Å². The first-order valence-electron chi connectivity index (χ1n) is 17.9. The van der Waals surface area contributed by atoms with Crippen LogP contribution in [0.5, 0.6) is 5.75 Å². The Bertz CT molecular complexity index is 1580. The number of Topliss-reactive ketones (excluding diaryl/α,β-unsaturated/α-hetero) is 1. The monoisotopic (exact) mass is 680 g/mol. The molecule has 3 aromatic carbocycles. The molecule has 0 spiro atoms. The summed E-state index contributed by atoms with van der Waals surface area (Å²) in [7, 11) is -3.56. The summed E-state index contributed by atoms with van der Waals surface area (Å²) in [5.41, 5.74) is 1.52. The summed E-state index contributed by atoms with van der Waals surface area (Å²) >= 11 is 0. The van der Waals surface area contributed by atoms with Crippen LogP contribution in [0.2, 0.25) is 0 Å². The van der Waals surface area contributed by atoms with Crippen molar-refractivity contribution in [2.75, 3.05) is 12.4 Å². The lowest BCUT2D eigenvalue weighted by Crippen LogP contribution is -2.26. The van der Waals surface area contributed by atoms with Gasteiger partial charge in [-0.05, 0) is 85.5 Å². The van der Waals surface area contributed by atoms with E-state index in [4.69, 9.17) is 9.47 Å². The van der Waals surface area contributed by atoms with E-state index in [0.29, 0.717) is 22.4 Å². The molecule has 1 saturated carbocycles. The third-order valence-corrected chi connectivity index (χ3v) is 11.3. The predicted octanol–water partition coefficient (Wildman–Crippen LogP) is 9.87. The summed E-state index contributed by atoms with van der Waals surface area (Å²) < 4.78 is 49.3. The van der Waals surface area contributed by atoms with Crippen molar-refractivity contribution in [2.24, 2.45) is 11.8 Å². The molecular formula is C40H53FO6S. The maximum atomic E-state index is 13.2. The molecule has 3 aromatic rings. The summed E-state index contributed by atoms with van der Waals surface area (Å²) in [5.74, 6) is 0.0188. The second-order valence-electron chi connectivity index (χ2n) is 13.8. The number of hydrogen-bond acceptors (Lipinski definition) is 6. The van der Waals surface area contributed by atoms with E-state index in [9.17, 15) is 22.4 Å². The maximum Gasteiger partial charge on any atom is 0.343 e. The molecule has 0 bridgehead atoms. The molecule has 0 aliphatic heterocycles. The zero-order valence-corrected chi connectivity index (χ0v) is 29.7. The van der Waals surface area contributed by atoms with E-state index in [2.05, 4.69) is 13.8 Å². The molecule has 2 unspecified atom stereocenters. The molecule has 1 aliphatic carbocycles. The van der Waals surface area contributed by atoms with Crippen LogP contribution in [0.3, 0.4) is 0 Å². The van der Waals surface area contributed by atoms with E-state index < -0.39 is 27.7 Å². The number of hydrogen-bond donors (Lipinski definition) is 0. The first kappa shape index (κ1) is 37.7. The molecule has 8 heteroatoms. The van der Waals surface area contributed by atoms with Crippen molar-refractivity contribution >= 4 is 32.4 Å². The van der Waals surface area contributed by atoms with Gasteiger partial charge in [0.15, 0.2) is 15.6 Å². The summed E-state index contributed by atoms with van der Waals surface area (Å²) in [6, 6.07) is 17.0. The molecular weight excluding hydrogens is 627 g/mol. The van der Waals surface area contributed by atoms with Crippen molar-refractivity contribution in [1.82, 2.24) is 0 Å². The predicted molar refractivity (Wildman–Crippen MR) is 191 cm³/mol. The molecule has 262 valence electrons. The van der Waals surface area contributed by atoms with Crippen molar-refractivity contribution in [3.05, 3.63) is 77.4 Å². The van der Waals surface area contributed by atoms with Crippen LogP contribution in [0.4, 0.5) is 4.39 Å². The second kappa shape index (κ2) is 18.6. The first-order valence-corrected chi connectivity index (χ1v) is 19.7. The van der Waals surface area contributed by atoms with Crippen molar-refractivity contribution < 1.29 is 31.9 Å². The number of fused-ring (bicyclic) bond motifs is 1. The fourth-order valence-corrected chi connectivity index (χ4v) is 8.01. The van der Waals surface area contributed by atoms with Crippen LogP contribution in [-0.2, 0) is 20.3 Å². The van der Waals surface area contributed by atoms with Crippen molar-refractivity contribution in [3.8, 4) is 5.75 Å².